The van der Waals surface area contributed by atoms with Crippen LogP contribution in [0.25, 0.3) is 0 Å². The minimum atomic E-state index is 0.243. The second kappa shape index (κ2) is 13.8. The molecule has 0 amide bonds. The highest BCUT2D eigenvalue weighted by atomic mass is 14.3. The van der Waals surface area contributed by atoms with E-state index in [1.165, 1.54) is 77.0 Å². The van der Waals surface area contributed by atoms with Crippen LogP contribution in [0.2, 0.25) is 0 Å². The summed E-state index contributed by atoms with van der Waals surface area (Å²) in [4.78, 5) is 0. The van der Waals surface area contributed by atoms with Crippen molar-refractivity contribution in [1.29, 1.82) is 0 Å². The molecule has 1 aromatic rings. The maximum Gasteiger partial charge on any atom is -0.0103 e. The summed E-state index contributed by atoms with van der Waals surface area (Å²) in [7, 11) is 0. The SMILES string of the molecule is CCCCC(CC)Cc1cc(C(C)(C)CC)c(CC(CC)CCCC)cc1C(C)(C)CC. The van der Waals surface area contributed by atoms with E-state index in [2.05, 4.69) is 81.4 Å². The van der Waals surface area contributed by atoms with Gasteiger partial charge in [-0.1, -0.05) is 133 Å². The first kappa shape index (κ1) is 29.3. The third-order valence-electron chi connectivity index (χ3n) is 8.66. The normalized spacial score (nSPS) is 14.6. The maximum atomic E-state index is 2.69. The molecule has 0 bridgehead atoms. The zero-order valence-corrected chi connectivity index (χ0v) is 23.8. The van der Waals surface area contributed by atoms with E-state index < -0.39 is 0 Å². The molecule has 0 aliphatic rings. The van der Waals surface area contributed by atoms with E-state index in [1.807, 2.05) is 0 Å². The molecule has 2 atom stereocenters. The Morgan fingerprint density at radius 2 is 0.938 bits per heavy atom. The topological polar surface area (TPSA) is 0 Å². The smallest absolute Gasteiger partial charge is 0.0103 e. The highest BCUT2D eigenvalue weighted by molar-refractivity contribution is 5.45. The molecule has 2 unspecified atom stereocenters. The molecule has 0 aliphatic carbocycles. The van der Waals surface area contributed by atoms with Gasteiger partial charge in [-0.15, -0.1) is 0 Å². The van der Waals surface area contributed by atoms with Crippen LogP contribution in [0, 0.1) is 11.8 Å². The molecule has 0 heteroatoms. The minimum absolute atomic E-state index is 0.243. The highest BCUT2D eigenvalue weighted by Crippen LogP contribution is 2.39. The first-order valence-corrected chi connectivity index (χ1v) is 14.3. The van der Waals surface area contributed by atoms with Crippen molar-refractivity contribution in [2.45, 2.75) is 157 Å². The monoisotopic (exact) mass is 442 g/mol. The fraction of sp³-hybridized carbons (Fsp3) is 0.812. The van der Waals surface area contributed by atoms with Crippen LogP contribution in [0.3, 0.4) is 0 Å². The van der Waals surface area contributed by atoms with Crippen molar-refractivity contribution in [2.75, 3.05) is 0 Å². The van der Waals surface area contributed by atoms with Gasteiger partial charge in [0.25, 0.3) is 0 Å². The highest BCUT2D eigenvalue weighted by Gasteiger charge is 2.29. The number of benzene rings is 1. The van der Waals surface area contributed by atoms with Gasteiger partial charge in [0.2, 0.25) is 0 Å². The van der Waals surface area contributed by atoms with E-state index in [4.69, 9.17) is 0 Å². The number of unbranched alkanes of at least 4 members (excludes halogenated alkanes) is 2. The molecule has 0 saturated heterocycles. The molecule has 1 rings (SSSR count). The van der Waals surface area contributed by atoms with E-state index in [0.717, 1.165) is 11.8 Å². The van der Waals surface area contributed by atoms with Crippen LogP contribution in [-0.4, -0.2) is 0 Å². The predicted molar refractivity (Wildman–Crippen MR) is 147 cm³/mol. The first-order chi connectivity index (χ1) is 15.1. The van der Waals surface area contributed by atoms with E-state index in [0.29, 0.717) is 0 Å². The van der Waals surface area contributed by atoms with Crippen LogP contribution in [0.4, 0.5) is 0 Å². The van der Waals surface area contributed by atoms with Crippen molar-refractivity contribution in [3.8, 4) is 0 Å². The lowest BCUT2D eigenvalue weighted by Gasteiger charge is -2.34. The molecule has 0 aromatic heterocycles. The third-order valence-corrected chi connectivity index (χ3v) is 8.66. The van der Waals surface area contributed by atoms with Gasteiger partial charge >= 0.3 is 0 Å². The summed E-state index contributed by atoms with van der Waals surface area (Å²) in [5, 5.41) is 0. The molecule has 0 fully saturated rings. The summed E-state index contributed by atoms with van der Waals surface area (Å²) >= 11 is 0. The van der Waals surface area contributed by atoms with Crippen LogP contribution in [-0.2, 0) is 23.7 Å². The Hall–Kier alpha value is -0.780. The summed E-state index contributed by atoms with van der Waals surface area (Å²) in [6.07, 6.45) is 15.6. The van der Waals surface area contributed by atoms with Crippen LogP contribution >= 0.6 is 0 Å². The Kier molecular flexibility index (Phi) is 12.6. The van der Waals surface area contributed by atoms with Gasteiger partial charge in [0, 0.05) is 0 Å². The predicted octanol–water partition coefficient (Wildman–Crippen LogP) is 10.6. The lowest BCUT2D eigenvalue weighted by Crippen LogP contribution is -2.25. The van der Waals surface area contributed by atoms with E-state index in [-0.39, 0.29) is 10.8 Å². The molecule has 0 spiro atoms. The number of hydrogen-bond donors (Lipinski definition) is 0. The quantitative estimate of drug-likeness (QED) is 0.239. The summed E-state index contributed by atoms with van der Waals surface area (Å²) < 4.78 is 0. The van der Waals surface area contributed by atoms with Gasteiger partial charge in [0.05, 0.1) is 0 Å². The summed E-state index contributed by atoms with van der Waals surface area (Å²) in [5.74, 6) is 1.63. The largest absolute Gasteiger partial charge is 0.0654 e. The van der Waals surface area contributed by atoms with Crippen molar-refractivity contribution < 1.29 is 0 Å². The van der Waals surface area contributed by atoms with Crippen molar-refractivity contribution >= 4 is 0 Å². The second-order valence-electron chi connectivity index (χ2n) is 11.9. The lowest BCUT2D eigenvalue weighted by atomic mass is 9.71. The van der Waals surface area contributed by atoms with Crippen molar-refractivity contribution in [1.82, 2.24) is 0 Å². The van der Waals surface area contributed by atoms with Crippen molar-refractivity contribution in [3.63, 3.8) is 0 Å². The number of hydrogen-bond acceptors (Lipinski definition) is 0. The van der Waals surface area contributed by atoms with Gasteiger partial charge in [-0.25, -0.2) is 0 Å². The van der Waals surface area contributed by atoms with Gasteiger partial charge in [-0.2, -0.15) is 0 Å². The molecule has 32 heavy (non-hydrogen) atoms. The van der Waals surface area contributed by atoms with Crippen molar-refractivity contribution in [2.24, 2.45) is 11.8 Å². The Labute approximate surface area is 203 Å². The average Bonchev–Trinajstić information content (AvgIpc) is 2.79. The van der Waals surface area contributed by atoms with E-state index >= 15 is 0 Å². The van der Waals surface area contributed by atoms with Gasteiger partial charge < -0.3 is 0 Å². The Bertz CT molecular complexity index is 590. The molecular formula is C32H58. The molecule has 0 saturated carbocycles. The Morgan fingerprint density at radius 3 is 1.19 bits per heavy atom. The van der Waals surface area contributed by atoms with E-state index in [1.54, 1.807) is 22.3 Å². The minimum Gasteiger partial charge on any atom is -0.0654 e. The molecule has 0 nitrogen and oxygen atoms in total. The summed E-state index contributed by atoms with van der Waals surface area (Å²) in [6.45, 7) is 24.1. The molecule has 0 heterocycles. The molecule has 0 N–H and O–H groups in total. The number of rotatable bonds is 16. The van der Waals surface area contributed by atoms with Gasteiger partial charge in [0.1, 0.15) is 0 Å². The van der Waals surface area contributed by atoms with Crippen LogP contribution in [0.5, 0.6) is 0 Å². The molecule has 1 aromatic carbocycles. The van der Waals surface area contributed by atoms with Crippen molar-refractivity contribution in [3.05, 3.63) is 34.4 Å². The Balaban J connectivity index is 3.59. The molecule has 0 radical (unpaired) electrons. The summed E-state index contributed by atoms with van der Waals surface area (Å²) in [5.41, 5.74) is 7.08. The zero-order valence-electron chi connectivity index (χ0n) is 23.8. The molecule has 0 aliphatic heterocycles. The van der Waals surface area contributed by atoms with Crippen LogP contribution < -0.4 is 0 Å². The van der Waals surface area contributed by atoms with Crippen LogP contribution in [0.1, 0.15) is 156 Å². The zero-order chi connectivity index (χ0) is 24.4. The fourth-order valence-electron chi connectivity index (χ4n) is 5.18. The standard InChI is InChI=1S/C32H58/c1-11-17-19-25(13-3)21-27-23-30(32(9,10)16-6)28(22-26(14-4)20-18-12-2)24-29(27)31(7,8)15-5/h23-26H,11-22H2,1-10H3. The summed E-state index contributed by atoms with van der Waals surface area (Å²) in [6, 6.07) is 5.37. The van der Waals surface area contributed by atoms with Gasteiger partial charge in [0.15, 0.2) is 0 Å². The Morgan fingerprint density at radius 1 is 0.594 bits per heavy atom. The van der Waals surface area contributed by atoms with Gasteiger partial charge in [-0.3, -0.25) is 0 Å². The first-order valence-electron chi connectivity index (χ1n) is 14.3. The van der Waals surface area contributed by atoms with E-state index in [9.17, 15) is 0 Å². The maximum absolute atomic E-state index is 2.69. The van der Waals surface area contributed by atoms with Gasteiger partial charge in [-0.05, 0) is 70.6 Å². The fourth-order valence-corrected chi connectivity index (χ4v) is 5.18. The molecular weight excluding hydrogens is 384 g/mol. The third kappa shape index (κ3) is 8.22. The lowest BCUT2D eigenvalue weighted by molar-refractivity contribution is 0.427. The second-order valence-corrected chi connectivity index (χ2v) is 11.9. The van der Waals surface area contributed by atoms with Crippen LogP contribution in [0.15, 0.2) is 12.1 Å². The average molecular weight is 443 g/mol. The molecule has 186 valence electrons.